The molecule has 16 nitrogen and oxygen atoms in total. The van der Waals surface area contributed by atoms with E-state index < -0.39 is 82.9 Å². The number of rotatable bonds is 19. The highest BCUT2D eigenvalue weighted by Crippen LogP contribution is 2.12. The van der Waals surface area contributed by atoms with E-state index in [9.17, 15) is 43.2 Å². The molecule has 1 aromatic carbocycles. The molecule has 0 spiro atoms. The minimum Gasteiger partial charge on any atom is -0.508 e. The molecule has 0 bridgehead atoms. The number of carboxylic acid groups (broad SMARTS) is 2. The summed E-state index contributed by atoms with van der Waals surface area (Å²) in [5.41, 5.74) is 11.0. The Morgan fingerprint density at radius 3 is 2.15 bits per heavy atom. The highest BCUT2D eigenvalue weighted by molar-refractivity contribution is 7.85. The van der Waals surface area contributed by atoms with E-state index >= 15 is 0 Å². The molecule has 0 aliphatic carbocycles. The fourth-order valence-corrected chi connectivity index (χ4v) is 4.43. The van der Waals surface area contributed by atoms with Crippen molar-refractivity contribution < 1.29 is 48.3 Å². The van der Waals surface area contributed by atoms with E-state index in [4.69, 9.17) is 16.6 Å². The first kappa shape index (κ1) is 34.5. The average molecular weight is 599 g/mol. The molecule has 17 heteroatoms. The monoisotopic (exact) mass is 598 g/mol. The van der Waals surface area contributed by atoms with Crippen LogP contribution in [-0.4, -0.2) is 97.6 Å². The lowest BCUT2D eigenvalue weighted by Gasteiger charge is -2.21. The van der Waals surface area contributed by atoms with Crippen LogP contribution in [0.15, 0.2) is 29.3 Å². The van der Waals surface area contributed by atoms with Crippen molar-refractivity contribution in [2.75, 3.05) is 18.1 Å². The number of nitrogens with zero attached hydrogens (tertiary/aromatic N) is 1. The van der Waals surface area contributed by atoms with Gasteiger partial charge in [-0.25, -0.2) is 4.79 Å². The molecule has 0 aliphatic heterocycles. The van der Waals surface area contributed by atoms with Gasteiger partial charge in [-0.2, -0.15) is 0 Å². The third-order valence-corrected chi connectivity index (χ3v) is 6.62. The zero-order valence-corrected chi connectivity index (χ0v) is 22.8. The van der Waals surface area contributed by atoms with Crippen molar-refractivity contribution >= 4 is 52.7 Å². The summed E-state index contributed by atoms with van der Waals surface area (Å²) in [4.78, 5) is 74.8. The van der Waals surface area contributed by atoms with Crippen LogP contribution in [0, 0.1) is 0 Å². The zero-order valence-electron chi connectivity index (χ0n) is 22.0. The van der Waals surface area contributed by atoms with Crippen LogP contribution in [0.25, 0.3) is 0 Å². The summed E-state index contributed by atoms with van der Waals surface area (Å²) in [5.74, 6) is -6.81. The molecule has 0 aliphatic rings. The number of hydrogen-bond acceptors (Lipinski definition) is 9. The van der Waals surface area contributed by atoms with Crippen molar-refractivity contribution in [3.63, 3.8) is 0 Å². The fraction of sp³-hybridized carbons (Fsp3) is 0.458. The van der Waals surface area contributed by atoms with Gasteiger partial charge in [-0.1, -0.05) is 12.1 Å². The Kier molecular flexibility index (Phi) is 15.1. The van der Waals surface area contributed by atoms with Crippen molar-refractivity contribution in [3.05, 3.63) is 29.8 Å². The number of carbonyl (C=O) groups excluding carboxylic acids is 4. The van der Waals surface area contributed by atoms with Gasteiger partial charge in [0.15, 0.2) is 5.96 Å². The molecular formula is C24H34N6O10S. The lowest BCUT2D eigenvalue weighted by atomic mass is 10.0. The summed E-state index contributed by atoms with van der Waals surface area (Å²) >= 11 is 0. The number of aliphatic carboxylic acids is 2. The topological polar surface area (TPSA) is 281 Å². The Labute approximate surface area is 237 Å². The second kappa shape index (κ2) is 17.9. The Balaban J connectivity index is 2.88. The number of aliphatic imine (C=N–C) groups is 1. The van der Waals surface area contributed by atoms with Gasteiger partial charge in [-0.15, -0.1) is 0 Å². The number of hydrogen-bond donors (Lipinski definition) is 8. The first-order valence-corrected chi connectivity index (χ1v) is 13.8. The number of carboxylic acids is 2. The number of amides is 3. The first-order valence-electron chi connectivity index (χ1n) is 12.3. The summed E-state index contributed by atoms with van der Waals surface area (Å²) in [6.07, 6.45) is -0.0102. The normalized spacial score (nSPS) is 13.5. The van der Waals surface area contributed by atoms with Crippen LogP contribution in [-0.2, 0) is 46.0 Å². The number of phenolic OH excluding ortho intramolecular Hbond substituents is 1. The molecule has 10 N–H and O–H groups in total. The minimum absolute atomic E-state index is 0.0287. The van der Waals surface area contributed by atoms with Crippen LogP contribution < -0.4 is 27.4 Å². The summed E-state index contributed by atoms with van der Waals surface area (Å²) in [5, 5.41) is 34.5. The number of nitrogens with one attached hydrogen (secondary N) is 3. The SMILES string of the molecule is NC(N)=NCCCC(C=O)NC(=O)C(Cc1ccc(O)cc1)NC(=O)CS(=O)CC(NC(=O)CCC(=O)O)C(=O)O. The lowest BCUT2D eigenvalue weighted by Crippen LogP contribution is -2.52. The Morgan fingerprint density at radius 2 is 1.59 bits per heavy atom. The molecule has 0 heterocycles. The van der Waals surface area contributed by atoms with Gasteiger partial charge in [0, 0.05) is 30.2 Å². The number of benzene rings is 1. The number of aromatic hydroxyl groups is 1. The highest BCUT2D eigenvalue weighted by atomic mass is 32.2. The number of carbonyl (C=O) groups is 6. The van der Waals surface area contributed by atoms with E-state index in [-0.39, 0.29) is 31.1 Å². The van der Waals surface area contributed by atoms with Crippen LogP contribution in [0.1, 0.15) is 31.2 Å². The van der Waals surface area contributed by atoms with E-state index in [2.05, 4.69) is 20.9 Å². The standard InChI is InChI=1S/C24H34N6O10S/c25-24(26)27-9-1-2-15(11-31)28-22(37)17(10-14-3-5-16(32)6-4-14)29-20(34)13-41(40)12-18(23(38)39)30-19(33)7-8-21(35)36/h3-6,11,15,17-18,32H,1-2,7-10,12-13H2,(H,28,37)(H,29,34)(H,30,33)(H,35,36)(H,38,39)(H4,25,26,27). The number of nitrogens with two attached hydrogens (primary N) is 2. The molecule has 0 saturated carbocycles. The number of guanidine groups is 1. The maximum atomic E-state index is 13.0. The smallest absolute Gasteiger partial charge is 0.327 e. The van der Waals surface area contributed by atoms with Crippen molar-refractivity contribution in [1.29, 1.82) is 0 Å². The molecule has 3 amide bonds. The average Bonchev–Trinajstić information content (AvgIpc) is 2.89. The molecule has 1 rings (SSSR count). The van der Waals surface area contributed by atoms with Crippen molar-refractivity contribution in [1.82, 2.24) is 16.0 Å². The molecule has 0 saturated heterocycles. The van der Waals surface area contributed by atoms with Crippen molar-refractivity contribution in [3.8, 4) is 5.75 Å². The van der Waals surface area contributed by atoms with Gasteiger partial charge in [0.2, 0.25) is 17.7 Å². The summed E-state index contributed by atoms with van der Waals surface area (Å²) in [6.45, 7) is 0.222. The Morgan fingerprint density at radius 1 is 0.951 bits per heavy atom. The van der Waals surface area contributed by atoms with Gasteiger partial charge in [0.1, 0.15) is 29.9 Å². The lowest BCUT2D eigenvalue weighted by molar-refractivity contribution is -0.141. The summed E-state index contributed by atoms with van der Waals surface area (Å²) in [6, 6.07) is 1.95. The molecule has 1 aromatic rings. The van der Waals surface area contributed by atoms with Crippen molar-refractivity contribution in [2.24, 2.45) is 16.5 Å². The van der Waals surface area contributed by atoms with Gasteiger partial charge in [-0.05, 0) is 30.5 Å². The predicted molar refractivity (Wildman–Crippen MR) is 146 cm³/mol. The number of phenols is 1. The zero-order chi connectivity index (χ0) is 30.9. The van der Waals surface area contributed by atoms with Gasteiger partial charge >= 0.3 is 11.9 Å². The van der Waals surface area contributed by atoms with Gasteiger partial charge in [0.05, 0.1) is 18.2 Å². The second-order valence-electron chi connectivity index (χ2n) is 8.79. The molecule has 4 unspecified atom stereocenters. The highest BCUT2D eigenvalue weighted by Gasteiger charge is 2.27. The van der Waals surface area contributed by atoms with E-state index in [0.717, 1.165) is 0 Å². The Bertz CT molecular complexity index is 1140. The van der Waals surface area contributed by atoms with E-state index in [0.29, 0.717) is 18.3 Å². The third-order valence-electron chi connectivity index (χ3n) is 5.33. The fourth-order valence-electron chi connectivity index (χ4n) is 3.34. The van der Waals surface area contributed by atoms with Gasteiger partial charge < -0.3 is 47.5 Å². The van der Waals surface area contributed by atoms with E-state index in [1.165, 1.54) is 24.3 Å². The van der Waals surface area contributed by atoms with Crippen LogP contribution >= 0.6 is 0 Å². The van der Waals surface area contributed by atoms with Crippen LogP contribution in [0.3, 0.4) is 0 Å². The molecule has 4 atom stereocenters. The van der Waals surface area contributed by atoms with Crippen LogP contribution in [0.5, 0.6) is 5.75 Å². The minimum atomic E-state index is -2.11. The predicted octanol–water partition coefficient (Wildman–Crippen LogP) is -2.66. The maximum Gasteiger partial charge on any atom is 0.327 e. The molecule has 0 fully saturated rings. The van der Waals surface area contributed by atoms with Crippen LogP contribution in [0.2, 0.25) is 0 Å². The molecule has 0 radical (unpaired) electrons. The van der Waals surface area contributed by atoms with Crippen molar-refractivity contribution in [2.45, 2.75) is 50.2 Å². The maximum absolute atomic E-state index is 13.0. The van der Waals surface area contributed by atoms with E-state index in [1.54, 1.807) is 0 Å². The third kappa shape index (κ3) is 15.0. The Hall–Kier alpha value is -4.54. The second-order valence-corrected chi connectivity index (χ2v) is 10.3. The number of aldehydes is 1. The van der Waals surface area contributed by atoms with Crippen LogP contribution in [0.4, 0.5) is 0 Å². The quantitative estimate of drug-likeness (QED) is 0.0350. The molecular weight excluding hydrogens is 564 g/mol. The molecule has 41 heavy (non-hydrogen) atoms. The van der Waals surface area contributed by atoms with Gasteiger partial charge in [-0.3, -0.25) is 28.4 Å². The summed E-state index contributed by atoms with van der Waals surface area (Å²) in [7, 11) is -2.11. The first-order chi connectivity index (χ1) is 19.3. The van der Waals surface area contributed by atoms with Gasteiger partial charge in [0.25, 0.3) is 0 Å². The summed E-state index contributed by atoms with van der Waals surface area (Å²) < 4.78 is 12.5. The van der Waals surface area contributed by atoms with E-state index in [1.807, 2.05) is 0 Å². The molecule has 226 valence electrons. The molecule has 0 aromatic heterocycles. The largest absolute Gasteiger partial charge is 0.508 e.